The normalized spacial score (nSPS) is 10.8. The molecule has 2 nitrogen and oxygen atoms in total. The molecule has 0 bridgehead atoms. The zero-order chi connectivity index (χ0) is 7.82. The lowest BCUT2D eigenvalue weighted by Crippen LogP contribution is -2.02. The van der Waals surface area contributed by atoms with Crippen molar-refractivity contribution < 1.29 is 9.47 Å². The lowest BCUT2D eigenvalue weighted by Gasteiger charge is -2.07. The minimum absolute atomic E-state index is 0.781. The molecule has 10 heavy (non-hydrogen) atoms. The molecule has 0 N–H and O–H groups in total. The van der Waals surface area contributed by atoms with Crippen molar-refractivity contribution in [1.82, 2.24) is 0 Å². The SMILES string of the molecule is COCCC[C](C)COC. The summed E-state index contributed by atoms with van der Waals surface area (Å²) in [4.78, 5) is 0. The number of methoxy groups -OCH3 is 2. The van der Waals surface area contributed by atoms with Crippen LogP contribution in [0.15, 0.2) is 0 Å². The Balaban J connectivity index is 2.97. The third kappa shape index (κ3) is 6.05. The summed E-state index contributed by atoms with van der Waals surface area (Å²) in [6.07, 6.45) is 2.22. The summed E-state index contributed by atoms with van der Waals surface area (Å²) >= 11 is 0. The molecule has 0 rings (SSSR count). The minimum atomic E-state index is 0.781. The van der Waals surface area contributed by atoms with E-state index in [1.54, 1.807) is 14.2 Å². The van der Waals surface area contributed by atoms with E-state index in [2.05, 4.69) is 6.92 Å². The van der Waals surface area contributed by atoms with Gasteiger partial charge in [0.2, 0.25) is 0 Å². The monoisotopic (exact) mass is 145 g/mol. The molecule has 0 atom stereocenters. The molecule has 0 spiro atoms. The van der Waals surface area contributed by atoms with Gasteiger partial charge in [-0.05, 0) is 18.8 Å². The first-order chi connectivity index (χ1) is 4.81. The van der Waals surface area contributed by atoms with Gasteiger partial charge >= 0.3 is 0 Å². The predicted molar refractivity (Wildman–Crippen MR) is 41.9 cm³/mol. The molecule has 0 saturated carbocycles. The lowest BCUT2D eigenvalue weighted by molar-refractivity contribution is 0.182. The van der Waals surface area contributed by atoms with E-state index in [0.29, 0.717) is 0 Å². The standard InChI is InChI=1S/C8H17O2/c1-8(7-10-3)5-4-6-9-2/h4-7H2,1-3H3. The van der Waals surface area contributed by atoms with Crippen LogP contribution in [0.4, 0.5) is 0 Å². The van der Waals surface area contributed by atoms with Gasteiger partial charge in [0.25, 0.3) is 0 Å². The molecule has 0 aliphatic heterocycles. The molecule has 0 aliphatic rings. The van der Waals surface area contributed by atoms with E-state index in [0.717, 1.165) is 26.1 Å². The Bertz CT molecular complexity index is 64.3. The largest absolute Gasteiger partial charge is 0.385 e. The third-order valence-electron chi connectivity index (χ3n) is 1.34. The van der Waals surface area contributed by atoms with Gasteiger partial charge in [0.15, 0.2) is 0 Å². The maximum absolute atomic E-state index is 4.96. The Kier molecular flexibility index (Phi) is 6.98. The van der Waals surface area contributed by atoms with Crippen molar-refractivity contribution in [1.29, 1.82) is 0 Å². The van der Waals surface area contributed by atoms with Crippen molar-refractivity contribution in [2.75, 3.05) is 27.4 Å². The summed E-state index contributed by atoms with van der Waals surface area (Å²) < 4.78 is 9.87. The van der Waals surface area contributed by atoms with Gasteiger partial charge in [-0.1, -0.05) is 6.92 Å². The zero-order valence-corrected chi connectivity index (χ0v) is 7.14. The van der Waals surface area contributed by atoms with E-state index in [9.17, 15) is 0 Å². The van der Waals surface area contributed by atoms with Crippen LogP contribution in [0, 0.1) is 5.92 Å². The average molecular weight is 145 g/mol. The second kappa shape index (κ2) is 7.03. The quantitative estimate of drug-likeness (QED) is 0.529. The van der Waals surface area contributed by atoms with E-state index in [1.807, 2.05) is 0 Å². The minimum Gasteiger partial charge on any atom is -0.385 e. The number of hydrogen-bond acceptors (Lipinski definition) is 2. The van der Waals surface area contributed by atoms with Crippen LogP contribution in [0.5, 0.6) is 0 Å². The molecule has 0 saturated heterocycles. The van der Waals surface area contributed by atoms with Gasteiger partial charge in [-0.15, -0.1) is 0 Å². The van der Waals surface area contributed by atoms with E-state index in [-0.39, 0.29) is 0 Å². The van der Waals surface area contributed by atoms with Crippen molar-refractivity contribution in [3.8, 4) is 0 Å². The fraction of sp³-hybridized carbons (Fsp3) is 0.875. The van der Waals surface area contributed by atoms with Crippen molar-refractivity contribution >= 4 is 0 Å². The number of rotatable bonds is 6. The van der Waals surface area contributed by atoms with E-state index in [4.69, 9.17) is 9.47 Å². The lowest BCUT2D eigenvalue weighted by atomic mass is 10.1. The number of hydrogen-bond donors (Lipinski definition) is 0. The molecular weight excluding hydrogens is 128 g/mol. The fourth-order valence-corrected chi connectivity index (χ4v) is 0.837. The average Bonchev–Trinajstić information content (AvgIpc) is 1.89. The third-order valence-corrected chi connectivity index (χ3v) is 1.34. The molecule has 0 aromatic heterocycles. The molecule has 0 heterocycles. The van der Waals surface area contributed by atoms with Crippen LogP contribution in [-0.2, 0) is 9.47 Å². The molecule has 0 aliphatic carbocycles. The Morgan fingerprint density at radius 1 is 1.20 bits per heavy atom. The van der Waals surface area contributed by atoms with Gasteiger partial charge in [0.05, 0.1) is 6.61 Å². The Morgan fingerprint density at radius 3 is 2.40 bits per heavy atom. The second-order valence-electron chi connectivity index (χ2n) is 2.49. The van der Waals surface area contributed by atoms with Crippen LogP contribution in [0.2, 0.25) is 0 Å². The molecule has 2 heteroatoms. The fourth-order valence-electron chi connectivity index (χ4n) is 0.837. The summed E-state index contributed by atoms with van der Waals surface area (Å²) in [5, 5.41) is 0. The van der Waals surface area contributed by atoms with Crippen LogP contribution >= 0.6 is 0 Å². The van der Waals surface area contributed by atoms with Crippen LogP contribution < -0.4 is 0 Å². The highest BCUT2D eigenvalue weighted by atomic mass is 16.5. The van der Waals surface area contributed by atoms with Crippen molar-refractivity contribution in [2.24, 2.45) is 0 Å². The molecule has 0 aromatic rings. The maximum atomic E-state index is 4.96. The molecular formula is C8H17O2. The topological polar surface area (TPSA) is 18.5 Å². The van der Waals surface area contributed by atoms with Gasteiger partial charge in [0, 0.05) is 20.8 Å². The van der Waals surface area contributed by atoms with Crippen LogP contribution in [-0.4, -0.2) is 27.4 Å². The summed E-state index contributed by atoms with van der Waals surface area (Å²) in [5.41, 5.74) is 0. The van der Waals surface area contributed by atoms with Crippen LogP contribution in [0.25, 0.3) is 0 Å². The number of ether oxygens (including phenoxy) is 2. The van der Waals surface area contributed by atoms with Gasteiger partial charge < -0.3 is 9.47 Å². The summed E-state index contributed by atoms with van der Waals surface area (Å²) in [7, 11) is 3.45. The van der Waals surface area contributed by atoms with Gasteiger partial charge in [-0.3, -0.25) is 0 Å². The van der Waals surface area contributed by atoms with Crippen molar-refractivity contribution in [3.05, 3.63) is 5.92 Å². The first-order valence-electron chi connectivity index (χ1n) is 3.60. The van der Waals surface area contributed by atoms with Gasteiger partial charge in [-0.2, -0.15) is 0 Å². The molecule has 1 radical (unpaired) electrons. The Morgan fingerprint density at radius 2 is 1.90 bits per heavy atom. The van der Waals surface area contributed by atoms with Crippen LogP contribution in [0.1, 0.15) is 19.8 Å². The first kappa shape index (κ1) is 9.92. The van der Waals surface area contributed by atoms with E-state index < -0.39 is 0 Å². The van der Waals surface area contributed by atoms with Gasteiger partial charge in [0.1, 0.15) is 0 Å². The molecule has 61 valence electrons. The summed E-state index contributed by atoms with van der Waals surface area (Å²) in [6.45, 7) is 3.74. The summed E-state index contributed by atoms with van der Waals surface area (Å²) in [5.74, 6) is 1.39. The van der Waals surface area contributed by atoms with Gasteiger partial charge in [-0.25, -0.2) is 0 Å². The van der Waals surface area contributed by atoms with Crippen LogP contribution in [0.3, 0.4) is 0 Å². The molecule has 0 fully saturated rings. The van der Waals surface area contributed by atoms with Crippen molar-refractivity contribution in [2.45, 2.75) is 19.8 Å². The molecule has 0 aromatic carbocycles. The van der Waals surface area contributed by atoms with E-state index in [1.165, 1.54) is 5.92 Å². The maximum Gasteiger partial charge on any atom is 0.0522 e. The molecule has 0 amide bonds. The Hall–Kier alpha value is -0.0800. The smallest absolute Gasteiger partial charge is 0.0522 e. The summed E-state index contributed by atoms with van der Waals surface area (Å²) in [6, 6.07) is 0. The predicted octanol–water partition coefficient (Wildman–Crippen LogP) is 1.65. The highest BCUT2D eigenvalue weighted by Gasteiger charge is 1.99. The Labute approximate surface area is 63.5 Å². The van der Waals surface area contributed by atoms with E-state index >= 15 is 0 Å². The highest BCUT2D eigenvalue weighted by molar-refractivity contribution is 4.82. The first-order valence-corrected chi connectivity index (χ1v) is 3.60. The zero-order valence-electron chi connectivity index (χ0n) is 7.14. The second-order valence-corrected chi connectivity index (χ2v) is 2.49. The molecule has 0 unspecified atom stereocenters. The highest BCUT2D eigenvalue weighted by Crippen LogP contribution is 2.07. The van der Waals surface area contributed by atoms with Crippen molar-refractivity contribution in [3.63, 3.8) is 0 Å².